The Bertz CT molecular complexity index is 228. The minimum atomic E-state index is -0.417. The maximum atomic E-state index is 12.3. The Kier molecular flexibility index (Phi) is 3.77. The Labute approximate surface area is 93.0 Å². The molecule has 2 N–H and O–H groups in total. The van der Waals surface area contributed by atoms with Crippen molar-refractivity contribution in [2.45, 2.75) is 59.0 Å². The molecule has 3 heteroatoms. The topological polar surface area (TPSA) is 46.3 Å². The van der Waals surface area contributed by atoms with Crippen molar-refractivity contribution in [3.63, 3.8) is 0 Å². The first kappa shape index (κ1) is 12.5. The predicted octanol–water partition coefficient (Wildman–Crippen LogP) is 1.76. The van der Waals surface area contributed by atoms with Crippen LogP contribution >= 0.6 is 0 Å². The number of carbonyl (C=O) groups excluding carboxylic acids is 1. The van der Waals surface area contributed by atoms with Crippen LogP contribution in [-0.4, -0.2) is 29.4 Å². The van der Waals surface area contributed by atoms with Gasteiger partial charge in [0.05, 0.1) is 5.41 Å². The summed E-state index contributed by atoms with van der Waals surface area (Å²) in [4.78, 5) is 14.4. The molecule has 0 aromatic heterocycles. The van der Waals surface area contributed by atoms with Gasteiger partial charge in [0.1, 0.15) is 0 Å². The summed E-state index contributed by atoms with van der Waals surface area (Å²) in [7, 11) is 0. The van der Waals surface area contributed by atoms with Crippen molar-refractivity contribution < 1.29 is 4.79 Å². The van der Waals surface area contributed by atoms with Crippen molar-refractivity contribution in [3.05, 3.63) is 0 Å². The van der Waals surface area contributed by atoms with E-state index in [0.29, 0.717) is 18.6 Å². The highest BCUT2D eigenvalue weighted by molar-refractivity contribution is 5.82. The van der Waals surface area contributed by atoms with Gasteiger partial charge in [-0.1, -0.05) is 0 Å². The second-order valence-corrected chi connectivity index (χ2v) is 5.43. The second kappa shape index (κ2) is 4.52. The van der Waals surface area contributed by atoms with Crippen molar-refractivity contribution in [1.29, 1.82) is 0 Å². The van der Waals surface area contributed by atoms with Crippen LogP contribution in [-0.2, 0) is 4.79 Å². The van der Waals surface area contributed by atoms with Gasteiger partial charge in [-0.2, -0.15) is 0 Å². The normalized spacial score (nSPS) is 27.9. The van der Waals surface area contributed by atoms with Gasteiger partial charge in [-0.05, 0) is 47.0 Å². The molecule has 0 aromatic carbocycles. The smallest absolute Gasteiger partial charge is 0.229 e. The van der Waals surface area contributed by atoms with E-state index in [1.807, 2.05) is 18.7 Å². The fourth-order valence-electron chi connectivity index (χ4n) is 2.26. The molecule has 0 spiro atoms. The molecular weight excluding hydrogens is 188 g/mol. The SMILES string of the molecule is C[C@@H]1CCC[C@H](C)N1C(=O)C(C)(C)CN. The Balaban J connectivity index is 2.80. The van der Waals surface area contributed by atoms with Crippen LogP contribution in [0.1, 0.15) is 47.0 Å². The average molecular weight is 212 g/mol. The fourth-order valence-corrected chi connectivity index (χ4v) is 2.26. The second-order valence-electron chi connectivity index (χ2n) is 5.43. The fraction of sp³-hybridized carbons (Fsp3) is 0.917. The van der Waals surface area contributed by atoms with Crippen molar-refractivity contribution in [2.75, 3.05) is 6.54 Å². The van der Waals surface area contributed by atoms with Gasteiger partial charge in [-0.15, -0.1) is 0 Å². The third kappa shape index (κ3) is 2.51. The summed E-state index contributed by atoms with van der Waals surface area (Å²) in [6.07, 6.45) is 3.47. The van der Waals surface area contributed by atoms with Gasteiger partial charge in [0.25, 0.3) is 0 Å². The zero-order valence-electron chi connectivity index (χ0n) is 10.4. The molecule has 0 radical (unpaired) electrons. The Morgan fingerprint density at radius 2 is 1.80 bits per heavy atom. The number of nitrogens with two attached hydrogens (primary N) is 1. The third-order valence-electron chi connectivity index (χ3n) is 3.52. The van der Waals surface area contributed by atoms with Gasteiger partial charge in [0.2, 0.25) is 5.91 Å². The van der Waals surface area contributed by atoms with Crippen molar-refractivity contribution >= 4 is 5.91 Å². The first-order chi connectivity index (χ1) is 6.90. The van der Waals surface area contributed by atoms with Gasteiger partial charge in [-0.25, -0.2) is 0 Å². The molecule has 0 saturated carbocycles. The van der Waals surface area contributed by atoms with Gasteiger partial charge < -0.3 is 10.6 Å². The summed E-state index contributed by atoms with van der Waals surface area (Å²) in [5.74, 6) is 0.213. The van der Waals surface area contributed by atoms with E-state index < -0.39 is 5.41 Å². The lowest BCUT2D eigenvalue weighted by molar-refractivity contribution is -0.146. The summed E-state index contributed by atoms with van der Waals surface area (Å²) >= 11 is 0. The van der Waals surface area contributed by atoms with Crippen LogP contribution in [0.2, 0.25) is 0 Å². The molecule has 1 aliphatic rings. The standard InChI is InChI=1S/C12H24N2O/c1-9-6-5-7-10(2)14(9)11(15)12(3,4)8-13/h9-10H,5-8,13H2,1-4H3/t9-,10+. The van der Waals surface area contributed by atoms with Crippen molar-refractivity contribution in [3.8, 4) is 0 Å². The van der Waals surface area contributed by atoms with Crippen molar-refractivity contribution in [2.24, 2.45) is 11.1 Å². The van der Waals surface area contributed by atoms with Gasteiger partial charge in [-0.3, -0.25) is 4.79 Å². The van der Waals surface area contributed by atoms with Crippen LogP contribution in [0.25, 0.3) is 0 Å². The number of nitrogens with zero attached hydrogens (tertiary/aromatic N) is 1. The zero-order chi connectivity index (χ0) is 11.6. The molecule has 15 heavy (non-hydrogen) atoms. The minimum Gasteiger partial charge on any atom is -0.337 e. The van der Waals surface area contributed by atoms with E-state index in [-0.39, 0.29) is 5.91 Å². The average Bonchev–Trinajstić information content (AvgIpc) is 2.17. The van der Waals surface area contributed by atoms with Crippen LogP contribution < -0.4 is 5.73 Å². The molecule has 0 aliphatic carbocycles. The Morgan fingerprint density at radius 1 is 1.33 bits per heavy atom. The van der Waals surface area contributed by atoms with E-state index in [1.165, 1.54) is 6.42 Å². The summed E-state index contributed by atoms with van der Waals surface area (Å²) < 4.78 is 0. The molecule has 0 unspecified atom stereocenters. The largest absolute Gasteiger partial charge is 0.337 e. The molecule has 3 nitrogen and oxygen atoms in total. The minimum absolute atomic E-state index is 0.213. The highest BCUT2D eigenvalue weighted by atomic mass is 16.2. The number of carbonyl (C=O) groups is 1. The Morgan fingerprint density at radius 3 is 2.20 bits per heavy atom. The van der Waals surface area contributed by atoms with E-state index in [4.69, 9.17) is 5.73 Å². The van der Waals surface area contributed by atoms with Crippen LogP contribution in [0.3, 0.4) is 0 Å². The maximum absolute atomic E-state index is 12.3. The summed E-state index contributed by atoms with van der Waals surface area (Å²) in [6, 6.07) is 0.735. The number of piperidine rings is 1. The number of amides is 1. The van der Waals surface area contributed by atoms with Gasteiger partial charge in [0.15, 0.2) is 0 Å². The lowest BCUT2D eigenvalue weighted by Gasteiger charge is -2.42. The first-order valence-electron chi connectivity index (χ1n) is 5.93. The molecule has 0 bridgehead atoms. The summed E-state index contributed by atoms with van der Waals surface area (Å²) in [5, 5.41) is 0. The van der Waals surface area contributed by atoms with E-state index >= 15 is 0 Å². The van der Waals surface area contributed by atoms with E-state index in [2.05, 4.69) is 13.8 Å². The Hall–Kier alpha value is -0.570. The molecule has 2 atom stereocenters. The van der Waals surface area contributed by atoms with E-state index in [1.54, 1.807) is 0 Å². The number of hydrogen-bond donors (Lipinski definition) is 1. The van der Waals surface area contributed by atoms with E-state index in [0.717, 1.165) is 12.8 Å². The van der Waals surface area contributed by atoms with E-state index in [9.17, 15) is 4.79 Å². The molecule has 1 fully saturated rings. The molecule has 88 valence electrons. The molecule has 1 saturated heterocycles. The highest BCUT2D eigenvalue weighted by Crippen LogP contribution is 2.28. The lowest BCUT2D eigenvalue weighted by Crippen LogP contribution is -2.53. The van der Waals surface area contributed by atoms with Crippen LogP contribution in [0, 0.1) is 5.41 Å². The van der Waals surface area contributed by atoms with Crippen LogP contribution in [0.5, 0.6) is 0 Å². The number of rotatable bonds is 2. The predicted molar refractivity (Wildman–Crippen MR) is 62.5 cm³/mol. The molecule has 1 rings (SSSR count). The monoisotopic (exact) mass is 212 g/mol. The lowest BCUT2D eigenvalue weighted by atomic mass is 9.87. The maximum Gasteiger partial charge on any atom is 0.229 e. The molecule has 1 heterocycles. The third-order valence-corrected chi connectivity index (χ3v) is 3.52. The zero-order valence-corrected chi connectivity index (χ0v) is 10.4. The number of hydrogen-bond acceptors (Lipinski definition) is 2. The molecule has 0 aromatic rings. The van der Waals surface area contributed by atoms with Gasteiger partial charge in [0, 0.05) is 18.6 Å². The number of likely N-dealkylation sites (tertiary alicyclic amines) is 1. The van der Waals surface area contributed by atoms with Crippen molar-refractivity contribution in [1.82, 2.24) is 4.90 Å². The molecule has 1 aliphatic heterocycles. The van der Waals surface area contributed by atoms with Crippen LogP contribution in [0.15, 0.2) is 0 Å². The first-order valence-corrected chi connectivity index (χ1v) is 5.93. The molecular formula is C12H24N2O. The van der Waals surface area contributed by atoms with Crippen LogP contribution in [0.4, 0.5) is 0 Å². The van der Waals surface area contributed by atoms with Gasteiger partial charge >= 0.3 is 0 Å². The highest BCUT2D eigenvalue weighted by Gasteiger charge is 2.36. The molecule has 1 amide bonds. The summed E-state index contributed by atoms with van der Waals surface area (Å²) in [5.41, 5.74) is 5.24. The summed E-state index contributed by atoms with van der Waals surface area (Å²) in [6.45, 7) is 8.56. The quantitative estimate of drug-likeness (QED) is 0.758.